The molecule has 15 heavy (non-hydrogen) atoms. The molecule has 0 saturated carbocycles. The van der Waals surface area contributed by atoms with Crippen molar-refractivity contribution in [2.75, 3.05) is 0 Å². The Morgan fingerprint density at radius 1 is 1.20 bits per heavy atom. The van der Waals surface area contributed by atoms with Gasteiger partial charge in [-0.1, -0.05) is 12.1 Å². The Morgan fingerprint density at radius 3 is 2.13 bits per heavy atom. The zero-order valence-electron chi connectivity index (χ0n) is 9.67. The molecule has 0 N–H and O–H groups in total. The van der Waals surface area contributed by atoms with Gasteiger partial charge in [-0.2, -0.15) is 0 Å². The lowest BCUT2D eigenvalue weighted by atomic mass is 10.1. The molecule has 0 aliphatic carbocycles. The van der Waals surface area contributed by atoms with Crippen LogP contribution in [0.4, 0.5) is 4.39 Å². The first-order valence-corrected chi connectivity index (χ1v) is 5.00. The minimum atomic E-state index is -0.201. The molecule has 1 rings (SSSR count). The lowest BCUT2D eigenvalue weighted by molar-refractivity contribution is 0.131. The van der Waals surface area contributed by atoms with Crippen molar-refractivity contribution in [3.8, 4) is 5.75 Å². The molecule has 0 aliphatic rings. The van der Waals surface area contributed by atoms with Crippen LogP contribution < -0.4 is 4.74 Å². The summed E-state index contributed by atoms with van der Waals surface area (Å²) in [6.45, 7) is 7.41. The van der Waals surface area contributed by atoms with Gasteiger partial charge in [-0.25, -0.2) is 4.39 Å². The van der Waals surface area contributed by atoms with Crippen LogP contribution in [0.1, 0.15) is 33.3 Å². The van der Waals surface area contributed by atoms with Gasteiger partial charge in [0.1, 0.15) is 11.4 Å². The molecule has 0 saturated heterocycles. The van der Waals surface area contributed by atoms with Gasteiger partial charge in [0.2, 0.25) is 0 Å². The maximum Gasteiger partial charge on any atom is 0.120 e. The van der Waals surface area contributed by atoms with E-state index in [0.29, 0.717) is 0 Å². The van der Waals surface area contributed by atoms with E-state index in [1.165, 1.54) is 13.0 Å². The van der Waals surface area contributed by atoms with Crippen LogP contribution >= 0.6 is 0 Å². The van der Waals surface area contributed by atoms with E-state index < -0.39 is 0 Å². The molecule has 0 aromatic heterocycles. The second kappa shape index (κ2) is 4.47. The highest BCUT2D eigenvalue weighted by Gasteiger charge is 2.10. The largest absolute Gasteiger partial charge is 0.488 e. The maximum atomic E-state index is 12.6. The summed E-state index contributed by atoms with van der Waals surface area (Å²) in [5.41, 5.74) is 0.643. The number of hydrogen-bond donors (Lipinski definition) is 0. The van der Waals surface area contributed by atoms with Crippen molar-refractivity contribution in [2.45, 2.75) is 33.3 Å². The summed E-state index contributed by atoms with van der Waals surface area (Å²) in [5.74, 6) is 0.607. The van der Waals surface area contributed by atoms with Crippen LogP contribution in [-0.2, 0) is 0 Å². The second-order valence-electron chi connectivity index (χ2n) is 4.51. The predicted octanol–water partition coefficient (Wildman–Crippen LogP) is 4.19. The molecule has 82 valence electrons. The Balaban J connectivity index is 2.77. The summed E-state index contributed by atoms with van der Waals surface area (Å²) in [6.07, 6.45) is 1.49. The van der Waals surface area contributed by atoms with Gasteiger partial charge in [0.15, 0.2) is 0 Å². The fourth-order valence-corrected chi connectivity index (χ4v) is 1.22. The van der Waals surface area contributed by atoms with Crippen molar-refractivity contribution in [3.63, 3.8) is 0 Å². The fourth-order valence-electron chi connectivity index (χ4n) is 1.22. The van der Waals surface area contributed by atoms with Crippen molar-refractivity contribution < 1.29 is 9.13 Å². The Labute approximate surface area is 90.6 Å². The minimum absolute atomic E-state index is 0.195. The Bertz CT molecular complexity index is 340. The molecule has 1 aromatic rings. The molecule has 0 fully saturated rings. The molecular formula is C13H17FO. The molecule has 2 heteroatoms. The van der Waals surface area contributed by atoms with Gasteiger partial charge in [-0.15, -0.1) is 0 Å². The zero-order chi connectivity index (χ0) is 11.5. The highest BCUT2D eigenvalue weighted by Crippen LogP contribution is 2.19. The third kappa shape index (κ3) is 4.63. The van der Waals surface area contributed by atoms with Crippen molar-refractivity contribution in [1.29, 1.82) is 0 Å². The number of benzene rings is 1. The summed E-state index contributed by atoms with van der Waals surface area (Å²) in [5, 5.41) is 0. The molecule has 0 aliphatic heterocycles. The monoisotopic (exact) mass is 208 g/mol. The number of hydrogen-bond acceptors (Lipinski definition) is 1. The lowest BCUT2D eigenvalue weighted by Gasteiger charge is -2.21. The smallest absolute Gasteiger partial charge is 0.120 e. The van der Waals surface area contributed by atoms with Crippen LogP contribution in [0, 0.1) is 0 Å². The van der Waals surface area contributed by atoms with E-state index in [1.54, 1.807) is 0 Å². The predicted molar refractivity (Wildman–Crippen MR) is 61.6 cm³/mol. The van der Waals surface area contributed by atoms with Crippen LogP contribution in [0.2, 0.25) is 0 Å². The topological polar surface area (TPSA) is 9.23 Å². The molecular weight excluding hydrogens is 191 g/mol. The van der Waals surface area contributed by atoms with Gasteiger partial charge < -0.3 is 4.74 Å². The van der Waals surface area contributed by atoms with E-state index in [9.17, 15) is 4.39 Å². The van der Waals surface area contributed by atoms with E-state index in [2.05, 4.69) is 0 Å². The molecule has 1 nitrogen and oxygen atoms in total. The Morgan fingerprint density at radius 2 is 1.73 bits per heavy atom. The third-order valence-corrected chi connectivity index (χ3v) is 1.67. The van der Waals surface area contributed by atoms with Crippen LogP contribution in [0.25, 0.3) is 6.08 Å². The summed E-state index contributed by atoms with van der Waals surface area (Å²) >= 11 is 0. The standard InChI is InChI=1S/C13H17FO/c1-10(14)9-11-5-7-12(8-6-11)15-13(2,3)4/h5-9H,1-4H3. The number of ether oxygens (including phenoxy) is 1. The van der Waals surface area contributed by atoms with Crippen LogP contribution in [-0.4, -0.2) is 5.60 Å². The number of allylic oxidation sites excluding steroid dienone is 1. The quantitative estimate of drug-likeness (QED) is 0.708. The molecule has 0 unspecified atom stereocenters. The molecule has 0 atom stereocenters. The third-order valence-electron chi connectivity index (χ3n) is 1.67. The average molecular weight is 208 g/mol. The first kappa shape index (κ1) is 11.8. The molecule has 0 radical (unpaired) electrons. The Hall–Kier alpha value is -1.31. The normalized spacial score (nSPS) is 12.7. The van der Waals surface area contributed by atoms with Gasteiger partial charge in [-0.05, 0) is 51.5 Å². The van der Waals surface area contributed by atoms with Crippen molar-refractivity contribution in [1.82, 2.24) is 0 Å². The zero-order valence-corrected chi connectivity index (χ0v) is 9.67. The van der Waals surface area contributed by atoms with Gasteiger partial charge in [0, 0.05) is 0 Å². The molecule has 0 amide bonds. The minimum Gasteiger partial charge on any atom is -0.488 e. The maximum absolute atomic E-state index is 12.6. The number of halogens is 1. The highest BCUT2D eigenvalue weighted by atomic mass is 19.1. The summed E-state index contributed by atoms with van der Waals surface area (Å²) in [4.78, 5) is 0. The van der Waals surface area contributed by atoms with Gasteiger partial charge in [0.05, 0.1) is 5.83 Å². The molecule has 0 spiro atoms. The van der Waals surface area contributed by atoms with E-state index in [4.69, 9.17) is 4.74 Å². The van der Waals surface area contributed by atoms with E-state index in [-0.39, 0.29) is 11.4 Å². The lowest BCUT2D eigenvalue weighted by Crippen LogP contribution is -2.22. The summed E-state index contributed by atoms with van der Waals surface area (Å²) < 4.78 is 18.2. The fraction of sp³-hybridized carbons (Fsp3) is 0.385. The summed E-state index contributed by atoms with van der Waals surface area (Å²) in [6, 6.07) is 7.37. The van der Waals surface area contributed by atoms with E-state index in [1.807, 2.05) is 45.0 Å². The van der Waals surface area contributed by atoms with Crippen LogP contribution in [0.15, 0.2) is 30.1 Å². The van der Waals surface area contributed by atoms with E-state index >= 15 is 0 Å². The molecule has 0 bridgehead atoms. The Kier molecular flexibility index (Phi) is 3.51. The number of rotatable bonds is 2. The van der Waals surface area contributed by atoms with Gasteiger partial charge in [-0.3, -0.25) is 0 Å². The van der Waals surface area contributed by atoms with Crippen molar-refractivity contribution >= 4 is 6.08 Å². The summed E-state index contributed by atoms with van der Waals surface area (Å²) in [7, 11) is 0. The second-order valence-corrected chi connectivity index (χ2v) is 4.51. The average Bonchev–Trinajstić information content (AvgIpc) is 2.05. The highest BCUT2D eigenvalue weighted by molar-refractivity contribution is 5.51. The van der Waals surface area contributed by atoms with Crippen molar-refractivity contribution in [2.24, 2.45) is 0 Å². The van der Waals surface area contributed by atoms with Gasteiger partial charge in [0.25, 0.3) is 0 Å². The first-order chi connectivity index (χ1) is 6.87. The van der Waals surface area contributed by atoms with E-state index in [0.717, 1.165) is 11.3 Å². The van der Waals surface area contributed by atoms with Crippen LogP contribution in [0.3, 0.4) is 0 Å². The molecule has 1 aromatic carbocycles. The molecule has 0 heterocycles. The SMILES string of the molecule is CC(F)=Cc1ccc(OC(C)(C)C)cc1. The first-order valence-electron chi connectivity index (χ1n) is 5.00. The van der Waals surface area contributed by atoms with Crippen LogP contribution in [0.5, 0.6) is 5.75 Å². The van der Waals surface area contributed by atoms with Gasteiger partial charge >= 0.3 is 0 Å². The van der Waals surface area contributed by atoms with Crippen molar-refractivity contribution in [3.05, 3.63) is 35.7 Å².